The second-order valence-electron chi connectivity index (χ2n) is 3.82. The molecule has 0 saturated carbocycles. The van der Waals surface area contributed by atoms with Gasteiger partial charge in [0.2, 0.25) is 0 Å². The number of nitrogens with one attached hydrogen (secondary N) is 1. The number of pyridine rings is 1. The molecule has 1 aromatic rings. The molecule has 0 saturated heterocycles. The fourth-order valence-corrected chi connectivity index (χ4v) is 1.73. The topological polar surface area (TPSA) is 106 Å². The molecular formula is C12H13BrN2O5. The number of amides is 1. The van der Waals surface area contributed by atoms with Gasteiger partial charge in [0.15, 0.2) is 0 Å². The first-order valence-corrected chi connectivity index (χ1v) is 6.46. The molecule has 0 fully saturated rings. The number of carbonyl (C=O) groups is 3. The van der Waals surface area contributed by atoms with Gasteiger partial charge in [-0.25, -0.2) is 9.78 Å². The summed E-state index contributed by atoms with van der Waals surface area (Å²) in [6, 6.07) is 3.53. The summed E-state index contributed by atoms with van der Waals surface area (Å²) in [6.07, 6.45) is -0.151. The average Bonchev–Trinajstić information content (AvgIpc) is 2.42. The molecule has 1 amide bonds. The zero-order chi connectivity index (χ0) is 15.1. The van der Waals surface area contributed by atoms with E-state index in [1.165, 1.54) is 13.2 Å². The third-order valence-corrected chi connectivity index (χ3v) is 2.86. The number of aromatic nitrogens is 1. The zero-order valence-electron chi connectivity index (χ0n) is 10.6. The normalized spacial score (nSPS) is 11.5. The Morgan fingerprint density at radius 3 is 2.70 bits per heavy atom. The Bertz CT molecular complexity index is 520. The molecule has 1 rings (SSSR count). The Balaban J connectivity index is 2.68. The largest absolute Gasteiger partial charge is 0.480 e. The molecule has 7 nitrogen and oxygen atoms in total. The van der Waals surface area contributed by atoms with Crippen LogP contribution in [0.3, 0.4) is 0 Å². The summed E-state index contributed by atoms with van der Waals surface area (Å²) in [5.41, 5.74) is 0.0868. The SMILES string of the molecule is COC(=O)CC[C@H](NC(=O)c1cccc(Br)n1)C(=O)O. The fraction of sp³-hybridized carbons (Fsp3) is 0.333. The minimum atomic E-state index is -1.22. The highest BCUT2D eigenvalue weighted by atomic mass is 79.9. The van der Waals surface area contributed by atoms with E-state index in [1.54, 1.807) is 12.1 Å². The van der Waals surface area contributed by atoms with Gasteiger partial charge in [0, 0.05) is 6.42 Å². The molecule has 1 atom stereocenters. The van der Waals surface area contributed by atoms with Crippen LogP contribution in [0.2, 0.25) is 0 Å². The minimum Gasteiger partial charge on any atom is -0.480 e. The summed E-state index contributed by atoms with van der Waals surface area (Å²) in [7, 11) is 1.21. The molecule has 1 heterocycles. The van der Waals surface area contributed by atoms with Gasteiger partial charge in [-0.1, -0.05) is 6.07 Å². The summed E-state index contributed by atoms with van der Waals surface area (Å²) in [5, 5.41) is 11.3. The van der Waals surface area contributed by atoms with Gasteiger partial charge in [-0.15, -0.1) is 0 Å². The van der Waals surface area contributed by atoms with Crippen molar-refractivity contribution in [3.8, 4) is 0 Å². The number of carbonyl (C=O) groups excluding carboxylic acids is 2. The van der Waals surface area contributed by atoms with E-state index in [0.717, 1.165) is 0 Å². The first-order chi connectivity index (χ1) is 9.43. The van der Waals surface area contributed by atoms with E-state index in [0.29, 0.717) is 4.60 Å². The Hall–Kier alpha value is -1.96. The van der Waals surface area contributed by atoms with Crippen molar-refractivity contribution in [3.63, 3.8) is 0 Å². The van der Waals surface area contributed by atoms with Gasteiger partial charge < -0.3 is 15.2 Å². The number of nitrogens with zero attached hydrogens (tertiary/aromatic N) is 1. The lowest BCUT2D eigenvalue weighted by Crippen LogP contribution is -2.41. The number of halogens is 1. The number of hydrogen-bond donors (Lipinski definition) is 2. The van der Waals surface area contributed by atoms with Gasteiger partial charge >= 0.3 is 11.9 Å². The van der Waals surface area contributed by atoms with Crippen molar-refractivity contribution in [2.24, 2.45) is 0 Å². The minimum absolute atomic E-state index is 0.0538. The average molecular weight is 345 g/mol. The van der Waals surface area contributed by atoms with Crippen LogP contribution >= 0.6 is 15.9 Å². The Kier molecular flexibility index (Phi) is 6.10. The molecule has 0 aliphatic carbocycles. The zero-order valence-corrected chi connectivity index (χ0v) is 12.2. The highest BCUT2D eigenvalue weighted by Gasteiger charge is 2.22. The maximum atomic E-state index is 11.9. The van der Waals surface area contributed by atoms with Crippen molar-refractivity contribution >= 4 is 33.8 Å². The maximum absolute atomic E-state index is 11.9. The Morgan fingerprint density at radius 2 is 2.15 bits per heavy atom. The van der Waals surface area contributed by atoms with E-state index in [-0.39, 0.29) is 18.5 Å². The number of hydrogen-bond acceptors (Lipinski definition) is 5. The molecule has 0 aliphatic heterocycles. The second kappa shape index (κ2) is 7.59. The Labute approximate surface area is 123 Å². The van der Waals surface area contributed by atoms with Crippen LogP contribution in [0.1, 0.15) is 23.3 Å². The molecule has 1 aromatic heterocycles. The second-order valence-corrected chi connectivity index (χ2v) is 4.64. The number of aliphatic carboxylic acids is 1. The lowest BCUT2D eigenvalue weighted by molar-refractivity contribution is -0.142. The highest BCUT2D eigenvalue weighted by molar-refractivity contribution is 9.10. The lowest BCUT2D eigenvalue weighted by atomic mass is 10.1. The smallest absolute Gasteiger partial charge is 0.326 e. The molecule has 0 aromatic carbocycles. The van der Waals surface area contributed by atoms with Crippen molar-refractivity contribution in [3.05, 3.63) is 28.5 Å². The molecule has 0 aliphatic rings. The lowest BCUT2D eigenvalue weighted by Gasteiger charge is -2.13. The van der Waals surface area contributed by atoms with E-state index in [2.05, 4.69) is 31.0 Å². The maximum Gasteiger partial charge on any atom is 0.326 e. The van der Waals surface area contributed by atoms with Crippen molar-refractivity contribution in [1.82, 2.24) is 10.3 Å². The van der Waals surface area contributed by atoms with Gasteiger partial charge in [0.25, 0.3) is 5.91 Å². The summed E-state index contributed by atoms with van der Waals surface area (Å²) in [4.78, 5) is 37.8. The standard InChI is InChI=1S/C12H13BrN2O5/c1-20-10(16)6-5-8(12(18)19)15-11(17)7-3-2-4-9(13)14-7/h2-4,8H,5-6H2,1H3,(H,15,17)(H,18,19)/t8-/m0/s1. The monoisotopic (exact) mass is 344 g/mol. The summed E-state index contributed by atoms with van der Waals surface area (Å²) in [6.45, 7) is 0. The number of carboxylic acid groups (broad SMARTS) is 1. The van der Waals surface area contributed by atoms with E-state index >= 15 is 0 Å². The van der Waals surface area contributed by atoms with Crippen LogP contribution in [0, 0.1) is 0 Å². The summed E-state index contributed by atoms with van der Waals surface area (Å²) >= 11 is 3.12. The number of carboxylic acids is 1. The van der Waals surface area contributed by atoms with Gasteiger partial charge in [0.1, 0.15) is 16.3 Å². The van der Waals surface area contributed by atoms with Crippen LogP contribution < -0.4 is 5.32 Å². The van der Waals surface area contributed by atoms with Crippen LogP contribution in [0.25, 0.3) is 0 Å². The van der Waals surface area contributed by atoms with E-state index in [9.17, 15) is 14.4 Å². The molecule has 8 heteroatoms. The molecule has 0 bridgehead atoms. The van der Waals surface area contributed by atoms with E-state index < -0.39 is 23.9 Å². The number of rotatable bonds is 6. The first-order valence-electron chi connectivity index (χ1n) is 5.67. The molecule has 0 spiro atoms. The van der Waals surface area contributed by atoms with Crippen LogP contribution in [0.5, 0.6) is 0 Å². The number of methoxy groups -OCH3 is 1. The third-order valence-electron chi connectivity index (χ3n) is 2.42. The molecule has 20 heavy (non-hydrogen) atoms. The van der Waals surface area contributed by atoms with Gasteiger partial charge in [-0.3, -0.25) is 9.59 Å². The summed E-state index contributed by atoms with van der Waals surface area (Å²) < 4.78 is 4.89. The predicted molar refractivity (Wildman–Crippen MR) is 72.1 cm³/mol. The molecule has 108 valence electrons. The van der Waals surface area contributed by atoms with Gasteiger partial charge in [0.05, 0.1) is 7.11 Å². The van der Waals surface area contributed by atoms with Crippen LogP contribution in [0.15, 0.2) is 22.8 Å². The molecule has 2 N–H and O–H groups in total. The van der Waals surface area contributed by atoms with Gasteiger partial charge in [-0.2, -0.15) is 0 Å². The van der Waals surface area contributed by atoms with E-state index in [1.807, 2.05) is 0 Å². The molecular weight excluding hydrogens is 332 g/mol. The third kappa shape index (κ3) is 4.96. The predicted octanol–water partition coefficient (Wildman–Crippen LogP) is 0.980. The van der Waals surface area contributed by atoms with Crippen molar-refractivity contribution in [2.45, 2.75) is 18.9 Å². The quantitative estimate of drug-likeness (QED) is 0.588. The van der Waals surface area contributed by atoms with Crippen LogP contribution in [-0.2, 0) is 14.3 Å². The molecule has 0 radical (unpaired) electrons. The number of esters is 1. The van der Waals surface area contributed by atoms with Crippen molar-refractivity contribution < 1.29 is 24.2 Å². The molecule has 0 unspecified atom stereocenters. The Morgan fingerprint density at radius 1 is 1.45 bits per heavy atom. The first kappa shape index (κ1) is 16.1. The van der Waals surface area contributed by atoms with Crippen molar-refractivity contribution in [1.29, 1.82) is 0 Å². The number of ether oxygens (including phenoxy) is 1. The van der Waals surface area contributed by atoms with E-state index in [4.69, 9.17) is 5.11 Å². The highest BCUT2D eigenvalue weighted by Crippen LogP contribution is 2.07. The van der Waals surface area contributed by atoms with Crippen molar-refractivity contribution in [2.75, 3.05) is 7.11 Å². The van der Waals surface area contributed by atoms with Crippen LogP contribution in [-0.4, -0.2) is 41.1 Å². The summed E-state index contributed by atoms with van der Waals surface area (Å²) in [5.74, 6) is -2.38. The van der Waals surface area contributed by atoms with Crippen LogP contribution in [0.4, 0.5) is 0 Å². The van der Waals surface area contributed by atoms with Gasteiger partial charge in [-0.05, 0) is 34.5 Å². The fourth-order valence-electron chi connectivity index (χ4n) is 1.39.